The Hall–Kier alpha value is -0.950. The molecule has 0 aromatic heterocycles. The summed E-state index contributed by atoms with van der Waals surface area (Å²) < 4.78 is 32.1. The lowest BCUT2D eigenvalue weighted by atomic mass is 10.1. The highest BCUT2D eigenvalue weighted by Crippen LogP contribution is 2.26. The quantitative estimate of drug-likeness (QED) is 0.867. The molecule has 1 aromatic carbocycles. The van der Waals surface area contributed by atoms with E-state index in [1.807, 2.05) is 20.0 Å². The Morgan fingerprint density at radius 2 is 2.24 bits per heavy atom. The van der Waals surface area contributed by atoms with Gasteiger partial charge in [-0.05, 0) is 44.0 Å². The first-order valence-electron chi connectivity index (χ1n) is 7.25. The van der Waals surface area contributed by atoms with Crippen molar-refractivity contribution >= 4 is 10.0 Å². The van der Waals surface area contributed by atoms with Crippen LogP contribution >= 0.6 is 0 Å². The van der Waals surface area contributed by atoms with Crippen molar-refractivity contribution in [1.82, 2.24) is 9.62 Å². The smallest absolute Gasteiger partial charge is 0.243 e. The van der Waals surface area contributed by atoms with E-state index in [1.165, 1.54) is 0 Å². The van der Waals surface area contributed by atoms with Gasteiger partial charge in [-0.2, -0.15) is 4.31 Å². The fourth-order valence-corrected chi connectivity index (χ4v) is 4.23. The molecule has 1 N–H and O–H groups in total. The molecule has 0 bridgehead atoms. The maximum atomic E-state index is 12.7. The minimum atomic E-state index is -3.40. The van der Waals surface area contributed by atoms with Crippen molar-refractivity contribution in [2.45, 2.75) is 24.3 Å². The van der Waals surface area contributed by atoms with Gasteiger partial charge in [0.25, 0.3) is 0 Å². The van der Waals surface area contributed by atoms with Crippen LogP contribution < -0.4 is 5.32 Å². The van der Waals surface area contributed by atoms with Crippen LogP contribution in [-0.2, 0) is 14.8 Å². The zero-order valence-electron chi connectivity index (χ0n) is 12.9. The summed E-state index contributed by atoms with van der Waals surface area (Å²) in [7, 11) is 0.111. The van der Waals surface area contributed by atoms with Gasteiger partial charge in [-0.15, -0.1) is 0 Å². The molecule has 5 nitrogen and oxygen atoms in total. The van der Waals surface area contributed by atoms with Crippen LogP contribution in [0.15, 0.2) is 29.2 Å². The van der Waals surface area contributed by atoms with Gasteiger partial charge in [0.2, 0.25) is 10.0 Å². The Bertz CT molecular complexity index is 574. The van der Waals surface area contributed by atoms with Crippen molar-refractivity contribution in [3.05, 3.63) is 29.8 Å². The SMILES string of the molecule is CNC(C)c1cccc(S(=O)(=O)N2CCC(COC)C2)c1. The van der Waals surface area contributed by atoms with Gasteiger partial charge in [0.1, 0.15) is 0 Å². The lowest BCUT2D eigenvalue weighted by Gasteiger charge is -2.18. The summed E-state index contributed by atoms with van der Waals surface area (Å²) in [6, 6.07) is 7.31. The number of nitrogens with one attached hydrogen (secondary N) is 1. The molecule has 1 saturated heterocycles. The monoisotopic (exact) mass is 312 g/mol. The molecule has 21 heavy (non-hydrogen) atoms. The van der Waals surface area contributed by atoms with E-state index in [1.54, 1.807) is 29.6 Å². The average Bonchev–Trinajstić information content (AvgIpc) is 2.96. The summed E-state index contributed by atoms with van der Waals surface area (Å²) in [5.41, 5.74) is 0.978. The lowest BCUT2D eigenvalue weighted by molar-refractivity contribution is 0.157. The van der Waals surface area contributed by atoms with Crippen molar-refractivity contribution in [3.8, 4) is 0 Å². The molecule has 2 unspecified atom stereocenters. The first-order chi connectivity index (χ1) is 9.98. The largest absolute Gasteiger partial charge is 0.384 e. The Morgan fingerprint density at radius 3 is 2.90 bits per heavy atom. The molecule has 1 aromatic rings. The van der Waals surface area contributed by atoms with Crippen LogP contribution in [-0.4, -0.2) is 46.6 Å². The number of hydrogen-bond acceptors (Lipinski definition) is 4. The van der Waals surface area contributed by atoms with Crippen molar-refractivity contribution < 1.29 is 13.2 Å². The number of sulfonamides is 1. The minimum Gasteiger partial charge on any atom is -0.384 e. The van der Waals surface area contributed by atoms with Crippen LogP contribution in [0.25, 0.3) is 0 Å². The van der Waals surface area contributed by atoms with Crippen LogP contribution in [0.1, 0.15) is 24.9 Å². The van der Waals surface area contributed by atoms with Gasteiger partial charge in [0.15, 0.2) is 0 Å². The van der Waals surface area contributed by atoms with E-state index in [2.05, 4.69) is 5.32 Å². The molecule has 118 valence electrons. The van der Waals surface area contributed by atoms with Crippen LogP contribution in [0.3, 0.4) is 0 Å². The van der Waals surface area contributed by atoms with Gasteiger partial charge in [-0.1, -0.05) is 12.1 Å². The third-order valence-corrected chi connectivity index (χ3v) is 5.94. The molecule has 1 fully saturated rings. The molecular formula is C15H24N2O3S. The topological polar surface area (TPSA) is 58.6 Å². The number of methoxy groups -OCH3 is 1. The van der Waals surface area contributed by atoms with E-state index >= 15 is 0 Å². The Labute approximate surface area is 127 Å². The fraction of sp³-hybridized carbons (Fsp3) is 0.600. The van der Waals surface area contributed by atoms with E-state index < -0.39 is 10.0 Å². The molecular weight excluding hydrogens is 288 g/mol. The highest BCUT2D eigenvalue weighted by Gasteiger charge is 2.32. The number of nitrogens with zero attached hydrogens (tertiary/aromatic N) is 1. The standard InChI is InChI=1S/C15H24N2O3S/c1-12(16-2)14-5-4-6-15(9-14)21(18,19)17-8-7-13(10-17)11-20-3/h4-6,9,12-13,16H,7-8,10-11H2,1-3H3. The zero-order valence-corrected chi connectivity index (χ0v) is 13.7. The first kappa shape index (κ1) is 16.4. The summed E-state index contributed by atoms with van der Waals surface area (Å²) in [6.07, 6.45) is 0.861. The number of ether oxygens (including phenoxy) is 1. The Balaban J connectivity index is 2.20. The van der Waals surface area contributed by atoms with Crippen LogP contribution in [0, 0.1) is 5.92 Å². The highest BCUT2D eigenvalue weighted by atomic mass is 32.2. The number of rotatable bonds is 6. The molecule has 0 radical (unpaired) electrons. The summed E-state index contributed by atoms with van der Waals surface area (Å²) in [5, 5.41) is 3.13. The molecule has 6 heteroatoms. The number of benzene rings is 1. The van der Waals surface area contributed by atoms with Crippen molar-refractivity contribution in [3.63, 3.8) is 0 Å². The second-order valence-electron chi connectivity index (χ2n) is 5.56. The molecule has 1 heterocycles. The summed E-state index contributed by atoms with van der Waals surface area (Å²) in [5.74, 6) is 0.296. The Kier molecular flexibility index (Phi) is 5.37. The molecule has 0 amide bonds. The van der Waals surface area contributed by atoms with E-state index in [0.717, 1.165) is 12.0 Å². The van der Waals surface area contributed by atoms with Gasteiger partial charge in [0, 0.05) is 26.2 Å². The predicted octanol–water partition coefficient (Wildman–Crippen LogP) is 1.62. The molecule has 2 rings (SSSR count). The van der Waals surface area contributed by atoms with E-state index in [4.69, 9.17) is 4.74 Å². The zero-order chi connectivity index (χ0) is 15.5. The molecule has 1 aliphatic heterocycles. The highest BCUT2D eigenvalue weighted by molar-refractivity contribution is 7.89. The third kappa shape index (κ3) is 3.63. The second-order valence-corrected chi connectivity index (χ2v) is 7.49. The van der Waals surface area contributed by atoms with E-state index in [-0.39, 0.29) is 6.04 Å². The maximum Gasteiger partial charge on any atom is 0.243 e. The van der Waals surface area contributed by atoms with Crippen molar-refractivity contribution in [2.75, 3.05) is 33.9 Å². The van der Waals surface area contributed by atoms with Crippen LogP contribution in [0.2, 0.25) is 0 Å². The summed E-state index contributed by atoms with van der Waals surface area (Å²) in [6.45, 7) is 3.74. The predicted molar refractivity (Wildman–Crippen MR) is 82.7 cm³/mol. The van der Waals surface area contributed by atoms with Crippen LogP contribution in [0.4, 0.5) is 0 Å². The van der Waals surface area contributed by atoms with E-state index in [0.29, 0.717) is 30.5 Å². The minimum absolute atomic E-state index is 0.125. The number of hydrogen-bond donors (Lipinski definition) is 1. The second kappa shape index (κ2) is 6.87. The summed E-state index contributed by atoms with van der Waals surface area (Å²) in [4.78, 5) is 0.375. The van der Waals surface area contributed by atoms with Crippen molar-refractivity contribution in [2.24, 2.45) is 5.92 Å². The van der Waals surface area contributed by atoms with Gasteiger partial charge in [-0.25, -0.2) is 8.42 Å². The molecule has 0 aliphatic carbocycles. The maximum absolute atomic E-state index is 12.7. The van der Waals surface area contributed by atoms with Crippen molar-refractivity contribution in [1.29, 1.82) is 0 Å². The average molecular weight is 312 g/mol. The Morgan fingerprint density at radius 1 is 1.48 bits per heavy atom. The van der Waals surface area contributed by atoms with Gasteiger partial charge < -0.3 is 10.1 Å². The third-order valence-electron chi connectivity index (χ3n) is 4.08. The van der Waals surface area contributed by atoms with Crippen LogP contribution in [0.5, 0.6) is 0 Å². The van der Waals surface area contributed by atoms with E-state index in [9.17, 15) is 8.42 Å². The lowest BCUT2D eigenvalue weighted by Crippen LogP contribution is -2.29. The van der Waals surface area contributed by atoms with Gasteiger partial charge >= 0.3 is 0 Å². The normalized spacial score (nSPS) is 21.6. The molecule has 2 atom stereocenters. The summed E-state index contributed by atoms with van der Waals surface area (Å²) >= 11 is 0. The first-order valence-corrected chi connectivity index (χ1v) is 8.69. The molecule has 0 saturated carbocycles. The van der Waals surface area contributed by atoms with Gasteiger partial charge in [0.05, 0.1) is 11.5 Å². The molecule has 0 spiro atoms. The molecule has 1 aliphatic rings. The van der Waals surface area contributed by atoms with Gasteiger partial charge in [-0.3, -0.25) is 0 Å². The fourth-order valence-electron chi connectivity index (χ4n) is 2.65.